The van der Waals surface area contributed by atoms with Gasteiger partial charge in [-0.25, -0.2) is 0 Å². The Balaban J connectivity index is 2.40. The molecule has 0 fully saturated rings. The van der Waals surface area contributed by atoms with Gasteiger partial charge >= 0.3 is 0 Å². The minimum Gasteiger partial charge on any atom is -0.409 e. The Morgan fingerprint density at radius 2 is 2.14 bits per heavy atom. The van der Waals surface area contributed by atoms with Crippen molar-refractivity contribution in [3.63, 3.8) is 0 Å². The number of oxime groups is 1. The van der Waals surface area contributed by atoms with Crippen LogP contribution in [0.1, 0.15) is 21.7 Å². The number of rotatable bonds is 4. The zero-order chi connectivity index (χ0) is 15.6. The summed E-state index contributed by atoms with van der Waals surface area (Å²) in [5, 5.41) is 20.4. The van der Waals surface area contributed by atoms with Gasteiger partial charge in [-0.2, -0.15) is 5.10 Å². The highest BCUT2D eigenvalue weighted by Crippen LogP contribution is 2.26. The van der Waals surface area contributed by atoms with Gasteiger partial charge in [0.15, 0.2) is 11.7 Å². The van der Waals surface area contributed by atoms with Crippen LogP contribution in [0.4, 0.5) is 5.82 Å². The van der Waals surface area contributed by atoms with E-state index in [1.165, 1.54) is 11.3 Å². The van der Waals surface area contributed by atoms with Crippen molar-refractivity contribution in [3.8, 4) is 0 Å². The van der Waals surface area contributed by atoms with Gasteiger partial charge in [-0.15, -0.1) is 16.4 Å². The molecule has 3 N–H and O–H groups in total. The summed E-state index contributed by atoms with van der Waals surface area (Å²) in [5.41, 5.74) is 7.96. The summed E-state index contributed by atoms with van der Waals surface area (Å²) in [5.74, 6) is 0.592. The van der Waals surface area contributed by atoms with Crippen molar-refractivity contribution in [2.75, 3.05) is 11.9 Å². The second kappa shape index (κ2) is 6.28. The van der Waals surface area contributed by atoms with Crippen molar-refractivity contribution in [1.82, 2.24) is 10.2 Å². The number of aromatic nitrogens is 2. The number of nitrogens with two attached hydrogens (primary N) is 1. The van der Waals surface area contributed by atoms with E-state index < -0.39 is 0 Å². The van der Waals surface area contributed by atoms with E-state index in [4.69, 9.17) is 22.5 Å². The van der Waals surface area contributed by atoms with Crippen LogP contribution >= 0.6 is 22.9 Å². The maximum Gasteiger partial charge on any atom is 0.174 e. The highest BCUT2D eigenvalue weighted by molar-refractivity contribution is 7.16. The normalized spacial score (nSPS) is 11.7. The van der Waals surface area contributed by atoms with E-state index in [1.54, 1.807) is 0 Å². The average Bonchev–Trinajstić information content (AvgIpc) is 2.85. The van der Waals surface area contributed by atoms with Gasteiger partial charge in [0.05, 0.1) is 22.1 Å². The molecule has 2 heterocycles. The van der Waals surface area contributed by atoms with Crippen LogP contribution in [0.15, 0.2) is 17.3 Å². The molecule has 0 radical (unpaired) electrons. The van der Waals surface area contributed by atoms with E-state index in [1.807, 2.05) is 37.9 Å². The topological polar surface area (TPSA) is 87.6 Å². The van der Waals surface area contributed by atoms with Gasteiger partial charge in [-0.05, 0) is 31.5 Å². The first-order chi connectivity index (χ1) is 9.93. The SMILES string of the molecule is Cc1nnc(N(C)Cc2ccc(Cl)s2)c(C(N)=NO)c1C. The molecule has 0 aromatic carbocycles. The molecule has 0 saturated carbocycles. The fraction of sp³-hybridized carbons (Fsp3) is 0.308. The Kier molecular flexibility index (Phi) is 4.64. The fourth-order valence-corrected chi connectivity index (χ4v) is 3.11. The zero-order valence-corrected chi connectivity index (χ0v) is 13.5. The first-order valence-electron chi connectivity index (χ1n) is 6.21. The van der Waals surface area contributed by atoms with E-state index in [0.717, 1.165) is 20.5 Å². The van der Waals surface area contributed by atoms with Gasteiger partial charge in [-0.1, -0.05) is 16.8 Å². The fourth-order valence-electron chi connectivity index (χ4n) is 1.97. The first-order valence-corrected chi connectivity index (χ1v) is 7.40. The zero-order valence-electron chi connectivity index (χ0n) is 12.0. The molecule has 2 aromatic rings. The van der Waals surface area contributed by atoms with E-state index in [9.17, 15) is 0 Å². The van der Waals surface area contributed by atoms with Crippen LogP contribution in [0.5, 0.6) is 0 Å². The second-order valence-electron chi connectivity index (χ2n) is 4.66. The molecule has 0 bridgehead atoms. The third kappa shape index (κ3) is 3.25. The number of amidine groups is 1. The summed E-state index contributed by atoms with van der Waals surface area (Å²) in [6.45, 7) is 4.32. The van der Waals surface area contributed by atoms with Crippen molar-refractivity contribution in [2.24, 2.45) is 10.9 Å². The van der Waals surface area contributed by atoms with Gasteiger partial charge in [0.2, 0.25) is 0 Å². The van der Waals surface area contributed by atoms with Crippen LogP contribution in [-0.4, -0.2) is 28.3 Å². The number of hydrogen-bond donors (Lipinski definition) is 2. The smallest absolute Gasteiger partial charge is 0.174 e. The third-order valence-electron chi connectivity index (χ3n) is 3.18. The molecule has 21 heavy (non-hydrogen) atoms. The van der Waals surface area contributed by atoms with Crippen LogP contribution in [0.25, 0.3) is 0 Å². The monoisotopic (exact) mass is 325 g/mol. The van der Waals surface area contributed by atoms with E-state index in [-0.39, 0.29) is 5.84 Å². The van der Waals surface area contributed by atoms with Crippen molar-refractivity contribution < 1.29 is 5.21 Å². The molecule has 2 aromatic heterocycles. The maximum atomic E-state index is 8.98. The highest BCUT2D eigenvalue weighted by atomic mass is 35.5. The Bertz CT molecular complexity index is 685. The number of aryl methyl sites for hydroxylation is 1. The molecule has 0 atom stereocenters. The Labute approximate surface area is 131 Å². The molecule has 0 amide bonds. The number of anilines is 1. The molecule has 0 unspecified atom stereocenters. The molecule has 0 spiro atoms. The van der Waals surface area contributed by atoms with E-state index in [0.29, 0.717) is 17.9 Å². The van der Waals surface area contributed by atoms with Crippen LogP contribution in [0.2, 0.25) is 4.34 Å². The molecule has 0 saturated heterocycles. The number of halogens is 1. The number of thiophene rings is 1. The lowest BCUT2D eigenvalue weighted by Gasteiger charge is -2.21. The second-order valence-corrected chi connectivity index (χ2v) is 6.46. The quantitative estimate of drug-likeness (QED) is 0.390. The predicted octanol–water partition coefficient (Wildman–Crippen LogP) is 2.54. The lowest BCUT2D eigenvalue weighted by Crippen LogP contribution is -2.25. The maximum absolute atomic E-state index is 8.98. The van der Waals surface area contributed by atoms with Crippen LogP contribution in [-0.2, 0) is 6.54 Å². The summed E-state index contributed by atoms with van der Waals surface area (Å²) >= 11 is 7.44. The Morgan fingerprint density at radius 1 is 1.43 bits per heavy atom. The largest absolute Gasteiger partial charge is 0.409 e. The Morgan fingerprint density at radius 3 is 2.71 bits per heavy atom. The molecule has 6 nitrogen and oxygen atoms in total. The predicted molar refractivity (Wildman–Crippen MR) is 85.5 cm³/mol. The molecular formula is C13H16ClN5OS. The number of nitrogens with zero attached hydrogens (tertiary/aromatic N) is 4. The summed E-state index contributed by atoms with van der Waals surface area (Å²) in [7, 11) is 1.88. The molecular weight excluding hydrogens is 310 g/mol. The van der Waals surface area contributed by atoms with Gasteiger partial charge in [0, 0.05) is 11.9 Å². The van der Waals surface area contributed by atoms with E-state index >= 15 is 0 Å². The summed E-state index contributed by atoms with van der Waals surface area (Å²) < 4.78 is 0.737. The van der Waals surface area contributed by atoms with Gasteiger partial charge in [-0.3, -0.25) is 0 Å². The van der Waals surface area contributed by atoms with Crippen LogP contribution in [0.3, 0.4) is 0 Å². The summed E-state index contributed by atoms with van der Waals surface area (Å²) in [6.07, 6.45) is 0. The van der Waals surface area contributed by atoms with Crippen molar-refractivity contribution in [2.45, 2.75) is 20.4 Å². The van der Waals surface area contributed by atoms with Crippen LogP contribution < -0.4 is 10.6 Å². The summed E-state index contributed by atoms with van der Waals surface area (Å²) in [4.78, 5) is 2.99. The lowest BCUT2D eigenvalue weighted by molar-refractivity contribution is 0.318. The molecule has 8 heteroatoms. The highest BCUT2D eigenvalue weighted by Gasteiger charge is 2.18. The lowest BCUT2D eigenvalue weighted by atomic mass is 10.1. The molecule has 0 aliphatic rings. The number of hydrogen-bond acceptors (Lipinski definition) is 6. The van der Waals surface area contributed by atoms with Crippen molar-refractivity contribution in [1.29, 1.82) is 0 Å². The minimum atomic E-state index is 0.0246. The van der Waals surface area contributed by atoms with Crippen LogP contribution in [0, 0.1) is 13.8 Å². The van der Waals surface area contributed by atoms with Gasteiger partial charge in [0.25, 0.3) is 0 Å². The molecule has 112 valence electrons. The van der Waals surface area contributed by atoms with E-state index in [2.05, 4.69) is 15.4 Å². The molecule has 0 aliphatic heterocycles. The average molecular weight is 326 g/mol. The van der Waals surface area contributed by atoms with Gasteiger partial charge in [0.1, 0.15) is 0 Å². The first kappa shape index (κ1) is 15.5. The molecule has 0 aliphatic carbocycles. The van der Waals surface area contributed by atoms with Gasteiger partial charge < -0.3 is 15.8 Å². The minimum absolute atomic E-state index is 0.0246. The Hall–Kier alpha value is -1.86. The summed E-state index contributed by atoms with van der Waals surface area (Å²) in [6, 6.07) is 3.81. The third-order valence-corrected chi connectivity index (χ3v) is 4.40. The standard InChI is InChI=1S/C13H16ClN5OS/c1-7-8(2)16-17-13(11(7)12(15)18-20)19(3)6-9-4-5-10(14)21-9/h4-5,20H,6H2,1-3H3,(H2,15,18). The van der Waals surface area contributed by atoms with Crippen molar-refractivity contribution >= 4 is 34.6 Å². The molecule has 2 rings (SSSR count). The van der Waals surface area contributed by atoms with Crippen molar-refractivity contribution in [3.05, 3.63) is 38.2 Å².